The van der Waals surface area contributed by atoms with Crippen molar-refractivity contribution in [2.45, 2.75) is 26.8 Å². The lowest BCUT2D eigenvalue weighted by atomic mass is 9.94. The summed E-state index contributed by atoms with van der Waals surface area (Å²) in [6, 6.07) is 19.4. The molecule has 1 saturated heterocycles. The third-order valence-corrected chi connectivity index (χ3v) is 7.43. The Morgan fingerprint density at radius 2 is 1.72 bits per heavy atom. The molecule has 1 heterocycles. The van der Waals surface area contributed by atoms with Gasteiger partial charge in [0.05, 0.1) is 18.7 Å². The van der Waals surface area contributed by atoms with Gasteiger partial charge in [-0.25, -0.2) is 0 Å². The van der Waals surface area contributed by atoms with Crippen LogP contribution < -0.4 is 14.5 Å². The van der Waals surface area contributed by atoms with E-state index in [9.17, 15) is 14.7 Å². The lowest BCUT2D eigenvalue weighted by Gasteiger charge is -2.27. The zero-order valence-corrected chi connectivity index (χ0v) is 22.4. The van der Waals surface area contributed by atoms with Crippen LogP contribution in [0.5, 0.6) is 5.75 Å². The number of aliphatic hydroxyl groups excluding tert-OH is 1. The molecule has 4 rings (SSSR count). The van der Waals surface area contributed by atoms with Crippen molar-refractivity contribution in [3.8, 4) is 5.75 Å². The molecule has 7 heteroatoms. The average Bonchev–Trinajstić information content (AvgIpc) is 3.16. The lowest BCUT2D eigenvalue weighted by Crippen LogP contribution is -2.29. The zero-order chi connectivity index (χ0) is 26.0. The molecular formula is C29H29BrN2O4. The van der Waals surface area contributed by atoms with Crippen LogP contribution in [0.15, 0.2) is 76.8 Å². The fourth-order valence-corrected chi connectivity index (χ4v) is 4.82. The van der Waals surface area contributed by atoms with Crippen molar-refractivity contribution in [3.63, 3.8) is 0 Å². The minimum atomic E-state index is -0.799. The van der Waals surface area contributed by atoms with Crippen LogP contribution in [0.2, 0.25) is 0 Å². The number of Topliss-reactive ketones (excluding diaryl/α,β-unsaturated/α-hetero) is 1. The number of nitrogens with zero attached hydrogens (tertiary/aromatic N) is 2. The third kappa shape index (κ3) is 4.63. The largest absolute Gasteiger partial charge is 0.507 e. The quantitative estimate of drug-likeness (QED) is 0.215. The van der Waals surface area contributed by atoms with E-state index in [0.29, 0.717) is 17.0 Å². The molecule has 36 heavy (non-hydrogen) atoms. The van der Waals surface area contributed by atoms with Gasteiger partial charge in [-0.1, -0.05) is 40.2 Å². The first-order valence-electron chi connectivity index (χ1n) is 11.9. The minimum Gasteiger partial charge on any atom is -0.507 e. The maximum absolute atomic E-state index is 13.4. The van der Waals surface area contributed by atoms with Crippen molar-refractivity contribution in [2.24, 2.45) is 0 Å². The second-order valence-electron chi connectivity index (χ2n) is 8.60. The van der Waals surface area contributed by atoms with Crippen molar-refractivity contribution in [1.82, 2.24) is 0 Å². The number of methoxy groups -OCH3 is 1. The predicted molar refractivity (Wildman–Crippen MR) is 147 cm³/mol. The van der Waals surface area contributed by atoms with Gasteiger partial charge in [0, 0.05) is 40.6 Å². The summed E-state index contributed by atoms with van der Waals surface area (Å²) in [5.74, 6) is -1.06. The van der Waals surface area contributed by atoms with Crippen LogP contribution in [0.1, 0.15) is 36.6 Å². The number of ketones is 1. The highest BCUT2D eigenvalue weighted by atomic mass is 79.9. The van der Waals surface area contributed by atoms with Gasteiger partial charge in [-0.3, -0.25) is 14.5 Å². The van der Waals surface area contributed by atoms with Gasteiger partial charge < -0.3 is 14.7 Å². The van der Waals surface area contributed by atoms with E-state index in [1.165, 1.54) is 4.90 Å². The fourth-order valence-electron chi connectivity index (χ4n) is 4.58. The molecule has 3 aromatic rings. The molecule has 1 N–H and O–H groups in total. The molecule has 1 fully saturated rings. The normalized spacial score (nSPS) is 16.9. The van der Waals surface area contributed by atoms with Gasteiger partial charge in [-0.15, -0.1) is 0 Å². The molecule has 3 aromatic carbocycles. The number of aryl methyl sites for hydroxylation is 1. The van der Waals surface area contributed by atoms with Gasteiger partial charge in [-0.2, -0.15) is 0 Å². The van der Waals surface area contributed by atoms with E-state index < -0.39 is 17.7 Å². The van der Waals surface area contributed by atoms with Crippen molar-refractivity contribution in [1.29, 1.82) is 0 Å². The van der Waals surface area contributed by atoms with Gasteiger partial charge in [0.2, 0.25) is 0 Å². The summed E-state index contributed by atoms with van der Waals surface area (Å²) in [6.45, 7) is 7.81. The maximum atomic E-state index is 13.4. The Morgan fingerprint density at radius 3 is 2.33 bits per heavy atom. The SMILES string of the molecule is CCN(CC)c1ccc(C2/C(=C(\O)c3ccc(Br)c(C)c3)C(=O)C(=O)N2c2cccc(OC)c2)cc1. The summed E-state index contributed by atoms with van der Waals surface area (Å²) in [4.78, 5) is 30.5. The van der Waals surface area contributed by atoms with Gasteiger partial charge >= 0.3 is 0 Å². The average molecular weight is 549 g/mol. The minimum absolute atomic E-state index is 0.0557. The molecule has 1 atom stereocenters. The number of halogens is 1. The van der Waals surface area contributed by atoms with Crippen LogP contribution in [0, 0.1) is 6.92 Å². The van der Waals surface area contributed by atoms with Crippen molar-refractivity contribution >= 4 is 44.8 Å². The zero-order valence-electron chi connectivity index (χ0n) is 20.8. The number of hydrogen-bond donors (Lipinski definition) is 1. The number of carbonyl (C=O) groups excluding carboxylic acids is 2. The maximum Gasteiger partial charge on any atom is 0.300 e. The Balaban J connectivity index is 1.91. The van der Waals surface area contributed by atoms with Crippen LogP contribution in [-0.4, -0.2) is 37.0 Å². The molecule has 0 aliphatic carbocycles. The van der Waals surface area contributed by atoms with Crippen LogP contribution in [0.4, 0.5) is 11.4 Å². The van der Waals surface area contributed by atoms with Gasteiger partial charge in [0.1, 0.15) is 11.5 Å². The Bertz CT molecular complexity index is 1330. The van der Waals surface area contributed by atoms with Crippen LogP contribution in [0.25, 0.3) is 5.76 Å². The summed E-state index contributed by atoms with van der Waals surface area (Å²) in [5.41, 5.74) is 3.72. The summed E-state index contributed by atoms with van der Waals surface area (Å²) >= 11 is 3.47. The van der Waals surface area contributed by atoms with E-state index in [0.717, 1.165) is 34.4 Å². The topological polar surface area (TPSA) is 70.1 Å². The Morgan fingerprint density at radius 1 is 1.03 bits per heavy atom. The summed E-state index contributed by atoms with van der Waals surface area (Å²) in [5, 5.41) is 11.4. The molecule has 1 unspecified atom stereocenters. The lowest BCUT2D eigenvalue weighted by molar-refractivity contribution is -0.132. The van der Waals surface area contributed by atoms with E-state index in [2.05, 4.69) is 34.7 Å². The Labute approximate surface area is 219 Å². The fraction of sp³-hybridized carbons (Fsp3) is 0.241. The molecule has 0 spiro atoms. The van der Waals surface area contributed by atoms with Gasteiger partial charge in [0.15, 0.2) is 0 Å². The van der Waals surface area contributed by atoms with Crippen LogP contribution in [-0.2, 0) is 9.59 Å². The monoisotopic (exact) mass is 548 g/mol. The van der Waals surface area contributed by atoms with Crippen LogP contribution in [0.3, 0.4) is 0 Å². The molecular weight excluding hydrogens is 520 g/mol. The molecule has 6 nitrogen and oxygen atoms in total. The molecule has 1 aliphatic rings. The van der Waals surface area contributed by atoms with Crippen molar-refractivity contribution in [2.75, 3.05) is 30.0 Å². The van der Waals surface area contributed by atoms with E-state index in [-0.39, 0.29) is 11.3 Å². The highest BCUT2D eigenvalue weighted by Gasteiger charge is 2.47. The van der Waals surface area contributed by atoms with Gasteiger partial charge in [0.25, 0.3) is 11.7 Å². The predicted octanol–water partition coefficient (Wildman–Crippen LogP) is 6.24. The second-order valence-corrected chi connectivity index (χ2v) is 9.45. The Hall–Kier alpha value is -3.58. The van der Waals surface area contributed by atoms with E-state index in [1.54, 1.807) is 43.5 Å². The first-order valence-corrected chi connectivity index (χ1v) is 12.7. The molecule has 0 saturated carbocycles. The smallest absolute Gasteiger partial charge is 0.300 e. The van der Waals surface area contributed by atoms with Crippen molar-refractivity contribution < 1.29 is 19.4 Å². The first-order chi connectivity index (χ1) is 17.3. The molecule has 0 bridgehead atoms. The second kappa shape index (κ2) is 10.6. The van der Waals surface area contributed by atoms with E-state index >= 15 is 0 Å². The number of hydrogen-bond acceptors (Lipinski definition) is 5. The summed E-state index contributed by atoms with van der Waals surface area (Å²) in [6.07, 6.45) is 0. The molecule has 1 amide bonds. The number of carbonyl (C=O) groups is 2. The number of amides is 1. The number of anilines is 2. The highest BCUT2D eigenvalue weighted by molar-refractivity contribution is 9.10. The number of rotatable bonds is 7. The summed E-state index contributed by atoms with van der Waals surface area (Å²) in [7, 11) is 1.55. The third-order valence-electron chi connectivity index (χ3n) is 6.54. The Kier molecular flexibility index (Phi) is 7.50. The number of ether oxygens (including phenoxy) is 1. The standard InChI is InChI=1S/C29H29BrN2O4/c1-5-31(6-2)21-13-10-19(11-14-21)26-25(27(33)20-12-15-24(30)18(3)16-20)28(34)29(35)32(26)22-8-7-9-23(17-22)36-4/h7-17,26,33H,5-6H2,1-4H3/b27-25+. The molecule has 1 aliphatic heterocycles. The molecule has 0 aromatic heterocycles. The highest BCUT2D eigenvalue weighted by Crippen LogP contribution is 2.43. The molecule has 0 radical (unpaired) electrons. The van der Waals surface area contributed by atoms with Crippen LogP contribution >= 0.6 is 15.9 Å². The van der Waals surface area contributed by atoms with Crippen molar-refractivity contribution in [3.05, 3.63) is 93.5 Å². The summed E-state index contributed by atoms with van der Waals surface area (Å²) < 4.78 is 6.25. The van der Waals surface area contributed by atoms with Gasteiger partial charge in [-0.05, 0) is 68.3 Å². The van der Waals surface area contributed by atoms with E-state index in [1.807, 2.05) is 37.3 Å². The number of aliphatic hydroxyl groups is 1. The van der Waals surface area contributed by atoms with E-state index in [4.69, 9.17) is 4.74 Å². The molecule has 186 valence electrons. The first kappa shape index (κ1) is 25.5. The number of benzene rings is 3.